The number of nitrogens with one attached hydrogen (secondary N) is 4. The number of aromatic amines is 1. The van der Waals surface area contributed by atoms with E-state index in [9.17, 15) is 4.79 Å². The molecule has 0 fully saturated rings. The van der Waals surface area contributed by atoms with E-state index in [1.807, 2.05) is 103 Å². The first kappa shape index (κ1) is 26.0. The quantitative estimate of drug-likeness (QED) is 0.148. The minimum Gasteiger partial charge on any atom is -0.437 e. The number of H-pyrrole nitrogens is 1. The first-order valence-electron chi connectivity index (χ1n) is 14.1. The zero-order chi connectivity index (χ0) is 29.0. The Morgan fingerprint density at radius 1 is 0.767 bits per heavy atom. The van der Waals surface area contributed by atoms with Crippen LogP contribution in [0.5, 0.6) is 0 Å². The van der Waals surface area contributed by atoms with E-state index in [1.54, 1.807) is 0 Å². The number of aromatic nitrogens is 3. The molecule has 0 spiro atoms. The van der Waals surface area contributed by atoms with Gasteiger partial charge < -0.3 is 25.4 Å². The summed E-state index contributed by atoms with van der Waals surface area (Å²) in [5.41, 5.74) is 7.05. The summed E-state index contributed by atoms with van der Waals surface area (Å²) >= 11 is 0. The maximum Gasteiger partial charge on any atom is 0.323 e. The van der Waals surface area contributed by atoms with Crippen LogP contribution in [0.4, 0.5) is 22.0 Å². The molecule has 8 heteroatoms. The number of carbonyl (C=O) groups excluding carboxylic acids is 1. The van der Waals surface area contributed by atoms with E-state index in [2.05, 4.69) is 43.0 Å². The van der Waals surface area contributed by atoms with E-state index in [1.165, 1.54) is 6.33 Å². The smallest absolute Gasteiger partial charge is 0.323 e. The Kier molecular flexibility index (Phi) is 6.99. The summed E-state index contributed by atoms with van der Waals surface area (Å²) in [6.07, 6.45) is 4.17. The average molecular weight is 565 g/mol. The largest absolute Gasteiger partial charge is 0.437 e. The molecule has 210 valence electrons. The number of fused-ring (bicyclic) bond motifs is 2. The van der Waals surface area contributed by atoms with Crippen LogP contribution in [0.25, 0.3) is 44.5 Å². The summed E-state index contributed by atoms with van der Waals surface area (Å²) in [4.78, 5) is 24.7. The van der Waals surface area contributed by atoms with Gasteiger partial charge in [-0.2, -0.15) is 0 Å². The molecule has 0 unspecified atom stereocenters. The molecule has 0 aliphatic rings. The highest BCUT2D eigenvalue weighted by molar-refractivity contribution is 6.06. The lowest BCUT2D eigenvalue weighted by Gasteiger charge is -2.10. The third-order valence-corrected chi connectivity index (χ3v) is 7.32. The van der Waals surface area contributed by atoms with Gasteiger partial charge in [0.25, 0.3) is 0 Å². The van der Waals surface area contributed by atoms with E-state index in [4.69, 9.17) is 4.42 Å². The lowest BCUT2D eigenvalue weighted by atomic mass is 9.99. The molecule has 0 atom stereocenters. The minimum atomic E-state index is -0.294. The number of furan rings is 1. The van der Waals surface area contributed by atoms with Gasteiger partial charge >= 0.3 is 6.03 Å². The highest BCUT2D eigenvalue weighted by Gasteiger charge is 2.21. The number of carbonyl (C=O) groups is 1. The van der Waals surface area contributed by atoms with Gasteiger partial charge in [0, 0.05) is 40.8 Å². The third-order valence-electron chi connectivity index (χ3n) is 7.32. The lowest BCUT2D eigenvalue weighted by Crippen LogP contribution is -2.19. The number of hydrogen-bond donors (Lipinski definition) is 4. The summed E-state index contributed by atoms with van der Waals surface area (Å²) in [5.74, 6) is 1.49. The summed E-state index contributed by atoms with van der Waals surface area (Å²) in [6, 6.07) is 35.5. The molecule has 7 rings (SSSR count). The fourth-order valence-electron chi connectivity index (χ4n) is 5.24. The van der Waals surface area contributed by atoms with Crippen molar-refractivity contribution < 1.29 is 9.21 Å². The van der Waals surface area contributed by atoms with E-state index < -0.39 is 0 Å². The molecule has 0 bridgehead atoms. The second-order valence-electron chi connectivity index (χ2n) is 10.2. The van der Waals surface area contributed by atoms with E-state index in [-0.39, 0.29) is 6.03 Å². The van der Waals surface area contributed by atoms with Crippen LogP contribution in [-0.4, -0.2) is 27.5 Å². The zero-order valence-corrected chi connectivity index (χ0v) is 23.2. The highest BCUT2D eigenvalue weighted by atomic mass is 16.3. The Labute approximate surface area is 247 Å². The topological polar surface area (TPSA) is 108 Å². The molecule has 0 radical (unpaired) electrons. The second kappa shape index (κ2) is 11.5. The van der Waals surface area contributed by atoms with Gasteiger partial charge in [-0.3, -0.25) is 0 Å². The molecule has 3 heterocycles. The normalized spacial score (nSPS) is 11.1. The van der Waals surface area contributed by atoms with Gasteiger partial charge in [0.05, 0.1) is 5.39 Å². The molecule has 7 aromatic rings. The van der Waals surface area contributed by atoms with E-state index in [0.29, 0.717) is 17.9 Å². The third kappa shape index (κ3) is 5.54. The predicted octanol–water partition coefficient (Wildman–Crippen LogP) is 8.34. The predicted molar refractivity (Wildman–Crippen MR) is 172 cm³/mol. The molecular weight excluding hydrogens is 536 g/mol. The van der Waals surface area contributed by atoms with Crippen molar-refractivity contribution in [3.63, 3.8) is 0 Å². The molecule has 0 aliphatic heterocycles. The molecule has 3 aromatic heterocycles. The lowest BCUT2D eigenvalue weighted by molar-refractivity contribution is 0.262. The highest BCUT2D eigenvalue weighted by Crippen LogP contribution is 2.42. The number of nitrogens with zero attached hydrogens (tertiary/aromatic N) is 2. The zero-order valence-electron chi connectivity index (χ0n) is 23.2. The fourth-order valence-corrected chi connectivity index (χ4v) is 5.24. The summed E-state index contributed by atoms with van der Waals surface area (Å²) < 4.78 is 6.31. The van der Waals surface area contributed by atoms with Crippen molar-refractivity contribution >= 4 is 45.2 Å². The Balaban J connectivity index is 1.04. The average Bonchev–Trinajstić information content (AvgIpc) is 3.68. The molecule has 2 amide bonds. The van der Waals surface area contributed by atoms with E-state index >= 15 is 0 Å². The maximum atomic E-state index is 12.5. The van der Waals surface area contributed by atoms with Crippen LogP contribution >= 0.6 is 0 Å². The molecule has 8 nitrogen and oxygen atoms in total. The van der Waals surface area contributed by atoms with Gasteiger partial charge in [-0.15, -0.1) is 0 Å². The second-order valence-corrected chi connectivity index (χ2v) is 10.2. The van der Waals surface area contributed by atoms with Crippen LogP contribution in [0.3, 0.4) is 0 Å². The summed E-state index contributed by atoms with van der Waals surface area (Å²) in [6.45, 7) is 0.653. The number of benzene rings is 4. The van der Waals surface area contributed by atoms with Crippen molar-refractivity contribution in [2.24, 2.45) is 0 Å². The van der Waals surface area contributed by atoms with Crippen molar-refractivity contribution in [3.05, 3.63) is 127 Å². The van der Waals surface area contributed by atoms with Gasteiger partial charge in [-0.05, 0) is 53.3 Å². The van der Waals surface area contributed by atoms with Crippen LogP contribution < -0.4 is 16.0 Å². The van der Waals surface area contributed by atoms with Gasteiger partial charge in [-0.25, -0.2) is 14.8 Å². The number of amides is 2. The Bertz CT molecular complexity index is 2020. The fraction of sp³-hybridized carbons (Fsp3) is 0.0571. The number of urea groups is 1. The first-order valence-corrected chi connectivity index (χ1v) is 14.1. The Morgan fingerprint density at radius 3 is 2.28 bits per heavy atom. The standard InChI is InChI=1S/C35H28N6O2/c42-35(41-28-16-13-24-18-20-36-29(24)21-28)40-27-14-11-23(12-15-27)17-19-37-33-31-30(25-7-3-1-4-8-25)32(26-9-5-2-6-10-26)43-34(31)39-22-38-33/h1-16,18,20-22,36H,17,19H2,(H,37,38,39)(H2,40,41,42). The van der Waals surface area contributed by atoms with Crippen molar-refractivity contribution in [2.75, 3.05) is 22.5 Å². The Hall–Kier alpha value is -5.89. The van der Waals surface area contributed by atoms with Crippen molar-refractivity contribution in [1.29, 1.82) is 0 Å². The van der Waals surface area contributed by atoms with Crippen LogP contribution in [0, 0.1) is 0 Å². The summed E-state index contributed by atoms with van der Waals surface area (Å²) in [5, 5.41) is 11.2. The van der Waals surface area contributed by atoms with Gasteiger partial charge in [-0.1, -0.05) is 78.9 Å². The van der Waals surface area contributed by atoms with Crippen LogP contribution in [0.15, 0.2) is 126 Å². The molecule has 43 heavy (non-hydrogen) atoms. The number of anilines is 3. The van der Waals surface area contributed by atoms with Crippen LogP contribution in [0.2, 0.25) is 0 Å². The van der Waals surface area contributed by atoms with E-state index in [0.717, 1.165) is 62.2 Å². The number of hydrogen-bond acceptors (Lipinski definition) is 5. The Morgan fingerprint density at radius 2 is 1.49 bits per heavy atom. The molecule has 4 N–H and O–H groups in total. The minimum absolute atomic E-state index is 0.294. The van der Waals surface area contributed by atoms with Gasteiger partial charge in [0.2, 0.25) is 5.71 Å². The first-order chi connectivity index (χ1) is 21.2. The van der Waals surface area contributed by atoms with Crippen LogP contribution in [0.1, 0.15) is 5.56 Å². The number of rotatable bonds is 8. The van der Waals surface area contributed by atoms with Gasteiger partial charge in [0.15, 0.2) is 0 Å². The van der Waals surface area contributed by atoms with Gasteiger partial charge in [0.1, 0.15) is 17.9 Å². The SMILES string of the molecule is O=C(Nc1ccc(CCNc2ncnc3oc(-c4ccccc4)c(-c4ccccc4)c23)cc1)Nc1ccc2cc[nH]c2c1. The van der Waals surface area contributed by atoms with Crippen LogP contribution in [-0.2, 0) is 6.42 Å². The van der Waals surface area contributed by atoms with Crippen molar-refractivity contribution in [3.8, 4) is 22.5 Å². The molecule has 0 aliphatic carbocycles. The molecule has 4 aromatic carbocycles. The van der Waals surface area contributed by atoms with Crippen molar-refractivity contribution in [2.45, 2.75) is 6.42 Å². The molecule has 0 saturated heterocycles. The monoisotopic (exact) mass is 564 g/mol. The maximum absolute atomic E-state index is 12.5. The van der Waals surface area contributed by atoms with Crippen molar-refractivity contribution in [1.82, 2.24) is 15.0 Å². The summed E-state index contributed by atoms with van der Waals surface area (Å²) in [7, 11) is 0. The molecule has 0 saturated carbocycles. The molecular formula is C35H28N6O2.